The lowest BCUT2D eigenvalue weighted by Crippen LogP contribution is -2.49. The average molecular weight is 448 g/mol. The van der Waals surface area contributed by atoms with Gasteiger partial charge >= 0.3 is 0 Å². The standard InChI is InChI=1S/C25H29N5O3/c1-17-13-15-30(33)16-21(17)18-8-10-20(11-9-18)27-25(32)23(19-6-4-3-5-7-19)28-24(31)22-12-14-26-29(22)2/h8-16,19,23H,3-7H2,1-2H3,(H,27,32)(H,28,31)/t23-/m0/s1. The normalized spacial score (nSPS) is 15.1. The number of rotatable bonds is 6. The van der Waals surface area contributed by atoms with Gasteiger partial charge in [-0.25, -0.2) is 0 Å². The molecule has 1 saturated carbocycles. The maximum Gasteiger partial charge on any atom is 0.270 e. The largest absolute Gasteiger partial charge is 0.619 e. The SMILES string of the molecule is Cc1cc[n+]([O-])cc1-c1ccc(NC(=O)[C@@H](NC(=O)c2ccnn2C)C2CCCCC2)cc1. The molecule has 0 bridgehead atoms. The number of nitrogens with one attached hydrogen (secondary N) is 2. The van der Waals surface area contributed by atoms with E-state index in [0.717, 1.165) is 53.5 Å². The van der Waals surface area contributed by atoms with E-state index >= 15 is 0 Å². The molecule has 0 aliphatic heterocycles. The molecule has 4 rings (SSSR count). The molecule has 2 amide bonds. The summed E-state index contributed by atoms with van der Waals surface area (Å²) in [5.74, 6) is -0.435. The number of benzene rings is 1. The lowest BCUT2D eigenvalue weighted by atomic mass is 9.83. The van der Waals surface area contributed by atoms with E-state index in [1.165, 1.54) is 17.1 Å². The first-order valence-electron chi connectivity index (χ1n) is 11.3. The first-order valence-corrected chi connectivity index (χ1v) is 11.3. The third kappa shape index (κ3) is 5.22. The maximum atomic E-state index is 13.3. The van der Waals surface area contributed by atoms with Crippen LogP contribution in [0.4, 0.5) is 5.69 Å². The molecule has 0 saturated heterocycles. The molecule has 2 aromatic heterocycles. The third-order valence-corrected chi connectivity index (χ3v) is 6.36. The molecular weight excluding hydrogens is 418 g/mol. The summed E-state index contributed by atoms with van der Waals surface area (Å²) in [4.78, 5) is 26.1. The highest BCUT2D eigenvalue weighted by Crippen LogP contribution is 2.28. The van der Waals surface area contributed by atoms with E-state index in [1.54, 1.807) is 25.4 Å². The van der Waals surface area contributed by atoms with Gasteiger partial charge in [-0.2, -0.15) is 9.83 Å². The Morgan fingerprint density at radius 1 is 1.12 bits per heavy atom. The van der Waals surface area contributed by atoms with Crippen molar-refractivity contribution >= 4 is 17.5 Å². The molecule has 1 fully saturated rings. The van der Waals surface area contributed by atoms with E-state index in [-0.39, 0.29) is 17.7 Å². The summed E-state index contributed by atoms with van der Waals surface area (Å²) in [6.07, 6.45) is 9.66. The fourth-order valence-corrected chi connectivity index (χ4v) is 4.48. The Kier molecular flexibility index (Phi) is 6.72. The van der Waals surface area contributed by atoms with Crippen LogP contribution in [-0.2, 0) is 11.8 Å². The van der Waals surface area contributed by atoms with Gasteiger partial charge in [-0.1, -0.05) is 31.4 Å². The zero-order valence-electron chi connectivity index (χ0n) is 19.0. The Hall–Kier alpha value is -3.68. The Balaban J connectivity index is 1.50. The van der Waals surface area contributed by atoms with Crippen molar-refractivity contribution in [2.24, 2.45) is 13.0 Å². The summed E-state index contributed by atoms with van der Waals surface area (Å²) in [6, 6.07) is 10.2. The summed E-state index contributed by atoms with van der Waals surface area (Å²) in [5, 5.41) is 21.6. The van der Waals surface area contributed by atoms with Crippen LogP contribution in [-0.4, -0.2) is 27.6 Å². The second-order valence-electron chi connectivity index (χ2n) is 8.66. The van der Waals surface area contributed by atoms with Gasteiger partial charge in [0, 0.05) is 30.6 Å². The number of carbonyl (C=O) groups is 2. The van der Waals surface area contributed by atoms with Crippen LogP contribution in [0.15, 0.2) is 55.0 Å². The Morgan fingerprint density at radius 2 is 1.85 bits per heavy atom. The van der Waals surface area contributed by atoms with Crippen molar-refractivity contribution < 1.29 is 14.3 Å². The van der Waals surface area contributed by atoms with Gasteiger partial charge < -0.3 is 15.8 Å². The summed E-state index contributed by atoms with van der Waals surface area (Å²) >= 11 is 0. The second kappa shape index (κ2) is 9.85. The number of amides is 2. The molecule has 1 aliphatic carbocycles. The predicted octanol–water partition coefficient (Wildman–Crippen LogP) is 3.35. The molecule has 0 radical (unpaired) electrons. The molecule has 2 heterocycles. The number of hydrogen-bond acceptors (Lipinski definition) is 4. The molecule has 2 N–H and O–H groups in total. The van der Waals surface area contributed by atoms with Crippen molar-refractivity contribution in [3.8, 4) is 11.1 Å². The molecule has 172 valence electrons. The quantitative estimate of drug-likeness (QED) is 0.447. The molecule has 3 aromatic rings. The van der Waals surface area contributed by atoms with E-state index in [4.69, 9.17) is 0 Å². The number of nitrogens with zero attached hydrogens (tertiary/aromatic N) is 3. The summed E-state index contributed by atoms with van der Waals surface area (Å²) in [5.41, 5.74) is 3.79. The smallest absolute Gasteiger partial charge is 0.270 e. The topological polar surface area (TPSA) is 103 Å². The average Bonchev–Trinajstić information content (AvgIpc) is 3.26. The molecule has 1 atom stereocenters. The van der Waals surface area contributed by atoms with Crippen molar-refractivity contribution in [1.82, 2.24) is 15.1 Å². The predicted molar refractivity (Wildman–Crippen MR) is 125 cm³/mol. The van der Waals surface area contributed by atoms with E-state index in [1.807, 2.05) is 31.2 Å². The van der Waals surface area contributed by atoms with Gasteiger partial charge in [0.2, 0.25) is 5.91 Å². The molecule has 8 nitrogen and oxygen atoms in total. The molecule has 1 aromatic carbocycles. The van der Waals surface area contributed by atoms with Crippen LogP contribution < -0.4 is 15.4 Å². The third-order valence-electron chi connectivity index (χ3n) is 6.36. The monoisotopic (exact) mass is 447 g/mol. The van der Waals surface area contributed by atoms with E-state index in [9.17, 15) is 14.8 Å². The minimum absolute atomic E-state index is 0.0923. The van der Waals surface area contributed by atoms with Gasteiger partial charge in [0.15, 0.2) is 12.4 Å². The van der Waals surface area contributed by atoms with Gasteiger partial charge in [-0.05, 0) is 55.0 Å². The first kappa shape index (κ1) is 22.5. The highest BCUT2D eigenvalue weighted by molar-refractivity contribution is 6.00. The molecule has 0 spiro atoms. The van der Waals surface area contributed by atoms with Gasteiger partial charge in [0.1, 0.15) is 11.7 Å². The summed E-state index contributed by atoms with van der Waals surface area (Å²) < 4.78 is 2.28. The second-order valence-corrected chi connectivity index (χ2v) is 8.66. The number of anilines is 1. The molecular formula is C25H29N5O3. The number of pyridine rings is 1. The van der Waals surface area contributed by atoms with Crippen molar-refractivity contribution in [1.29, 1.82) is 0 Å². The van der Waals surface area contributed by atoms with Gasteiger partial charge in [-0.3, -0.25) is 14.3 Å². The van der Waals surface area contributed by atoms with Gasteiger partial charge in [0.05, 0.1) is 0 Å². The van der Waals surface area contributed by atoms with E-state index in [0.29, 0.717) is 11.4 Å². The highest BCUT2D eigenvalue weighted by atomic mass is 16.5. The zero-order valence-corrected chi connectivity index (χ0v) is 19.0. The van der Waals surface area contributed by atoms with E-state index < -0.39 is 6.04 Å². The van der Waals surface area contributed by atoms with E-state index in [2.05, 4.69) is 15.7 Å². The van der Waals surface area contributed by atoms with Crippen molar-refractivity contribution in [2.75, 3.05) is 5.32 Å². The Labute approximate surface area is 193 Å². The number of hydrogen-bond donors (Lipinski definition) is 2. The number of carbonyl (C=O) groups excluding carboxylic acids is 2. The minimum Gasteiger partial charge on any atom is -0.619 e. The lowest BCUT2D eigenvalue weighted by molar-refractivity contribution is -0.604. The van der Waals surface area contributed by atoms with Gasteiger partial charge in [0.25, 0.3) is 5.91 Å². The molecule has 8 heteroatoms. The molecule has 0 unspecified atom stereocenters. The number of aryl methyl sites for hydroxylation is 2. The fourth-order valence-electron chi connectivity index (χ4n) is 4.48. The summed E-state index contributed by atoms with van der Waals surface area (Å²) in [6.45, 7) is 1.95. The van der Waals surface area contributed by atoms with Crippen LogP contribution in [0.3, 0.4) is 0 Å². The Bertz CT molecular complexity index is 1130. The van der Waals surface area contributed by atoms with Crippen molar-refractivity contribution in [3.05, 3.63) is 71.5 Å². The van der Waals surface area contributed by atoms with Crippen LogP contribution in [0.2, 0.25) is 0 Å². The minimum atomic E-state index is -0.622. The molecule has 1 aliphatic rings. The Morgan fingerprint density at radius 3 is 2.52 bits per heavy atom. The fraction of sp³-hybridized carbons (Fsp3) is 0.360. The maximum absolute atomic E-state index is 13.3. The van der Waals surface area contributed by atoms with Crippen LogP contribution >= 0.6 is 0 Å². The first-order chi connectivity index (χ1) is 15.9. The van der Waals surface area contributed by atoms with Gasteiger partial charge in [-0.15, -0.1) is 0 Å². The summed E-state index contributed by atoms with van der Waals surface area (Å²) in [7, 11) is 1.70. The number of aromatic nitrogens is 3. The highest BCUT2D eigenvalue weighted by Gasteiger charge is 2.31. The molecule has 33 heavy (non-hydrogen) atoms. The van der Waals surface area contributed by atoms with Crippen LogP contribution in [0.5, 0.6) is 0 Å². The van der Waals surface area contributed by atoms with Crippen LogP contribution in [0, 0.1) is 18.0 Å². The van der Waals surface area contributed by atoms with Crippen molar-refractivity contribution in [3.63, 3.8) is 0 Å². The van der Waals surface area contributed by atoms with Crippen molar-refractivity contribution in [2.45, 2.75) is 45.1 Å². The van der Waals surface area contributed by atoms with Crippen LogP contribution in [0.25, 0.3) is 11.1 Å². The lowest BCUT2D eigenvalue weighted by Gasteiger charge is -2.30. The van der Waals surface area contributed by atoms with Crippen LogP contribution in [0.1, 0.15) is 48.2 Å². The zero-order chi connectivity index (χ0) is 23.4.